The lowest BCUT2D eigenvalue weighted by atomic mass is 10.2. The second-order valence-corrected chi connectivity index (χ2v) is 6.39. The Labute approximate surface area is 158 Å². The number of fused-ring (bicyclic) bond motifs is 2. The van der Waals surface area contributed by atoms with Crippen LogP contribution in [0.25, 0.3) is 22.0 Å². The van der Waals surface area contributed by atoms with Crippen LogP contribution in [0, 0.1) is 0 Å². The Balaban J connectivity index is 1.42. The Morgan fingerprint density at radius 2 is 1.93 bits per heavy atom. The van der Waals surface area contributed by atoms with Crippen molar-refractivity contribution in [3.8, 4) is 0 Å². The van der Waals surface area contributed by atoms with Gasteiger partial charge in [0.15, 0.2) is 5.58 Å². The molecule has 2 aromatic heterocycles. The maximum atomic E-state index is 12.1. The van der Waals surface area contributed by atoms with E-state index >= 15 is 0 Å². The van der Waals surface area contributed by atoms with Gasteiger partial charge in [-0.15, -0.1) is 0 Å². The Morgan fingerprint density at radius 3 is 2.81 bits per heavy atom. The predicted octanol–water partition coefficient (Wildman–Crippen LogP) is 3.93. The van der Waals surface area contributed by atoms with Gasteiger partial charge in [0.1, 0.15) is 11.8 Å². The molecule has 0 atom stereocenters. The quantitative estimate of drug-likeness (QED) is 0.386. The number of carbonyl (C=O) groups is 1. The van der Waals surface area contributed by atoms with E-state index in [4.69, 9.17) is 20.8 Å². The lowest BCUT2D eigenvalue weighted by Crippen LogP contribution is -2.17. The third kappa shape index (κ3) is 3.57. The van der Waals surface area contributed by atoms with E-state index in [-0.39, 0.29) is 19.6 Å². The number of carbonyl (C=O) groups excluding carboxylic acids is 1. The van der Waals surface area contributed by atoms with Gasteiger partial charge in [0.25, 0.3) is 0 Å². The Hall–Kier alpha value is -3.12. The molecule has 0 aliphatic rings. The molecule has 0 saturated heterocycles. The number of oxazole rings is 1. The molecule has 0 radical (unpaired) electrons. The number of rotatable bonds is 5. The van der Waals surface area contributed by atoms with E-state index in [1.807, 2.05) is 30.3 Å². The normalized spacial score (nSPS) is 11.1. The van der Waals surface area contributed by atoms with Gasteiger partial charge in [-0.1, -0.05) is 41.9 Å². The lowest BCUT2D eigenvalue weighted by molar-refractivity contribution is -0.145. The molecule has 136 valence electrons. The zero-order valence-electron chi connectivity index (χ0n) is 14.2. The van der Waals surface area contributed by atoms with Crippen molar-refractivity contribution in [1.29, 1.82) is 0 Å². The van der Waals surface area contributed by atoms with E-state index in [9.17, 15) is 9.59 Å². The smallest absolute Gasteiger partial charge is 0.419 e. The first-order valence-corrected chi connectivity index (χ1v) is 8.78. The number of aryl methyl sites for hydroxylation is 1. The van der Waals surface area contributed by atoms with Gasteiger partial charge in [-0.2, -0.15) is 0 Å². The van der Waals surface area contributed by atoms with Crippen molar-refractivity contribution < 1.29 is 13.9 Å². The van der Waals surface area contributed by atoms with Crippen LogP contribution < -0.4 is 5.76 Å². The molecule has 0 fully saturated rings. The summed E-state index contributed by atoms with van der Waals surface area (Å²) in [7, 11) is 0. The number of benzene rings is 2. The molecule has 0 unspecified atom stereocenters. The van der Waals surface area contributed by atoms with E-state index in [1.54, 1.807) is 24.3 Å². The van der Waals surface area contributed by atoms with Crippen molar-refractivity contribution >= 4 is 39.6 Å². The fourth-order valence-electron chi connectivity index (χ4n) is 2.90. The molecule has 2 heterocycles. The second-order valence-electron chi connectivity index (χ2n) is 6.03. The predicted molar refractivity (Wildman–Crippen MR) is 102 cm³/mol. The van der Waals surface area contributed by atoms with E-state index in [1.165, 1.54) is 4.57 Å². The molecule has 0 amide bonds. The Bertz CT molecular complexity index is 1200. The average molecular weight is 383 g/mol. The summed E-state index contributed by atoms with van der Waals surface area (Å²) in [6, 6.07) is 16.5. The van der Waals surface area contributed by atoms with Gasteiger partial charge in [0.2, 0.25) is 0 Å². The highest BCUT2D eigenvalue weighted by Gasteiger charge is 2.12. The van der Waals surface area contributed by atoms with Crippen molar-refractivity contribution in [1.82, 2.24) is 9.55 Å². The zero-order chi connectivity index (χ0) is 18.8. The number of halogens is 1. The van der Waals surface area contributed by atoms with E-state index in [0.29, 0.717) is 21.8 Å². The van der Waals surface area contributed by atoms with Crippen LogP contribution in [0.3, 0.4) is 0 Å². The van der Waals surface area contributed by atoms with Crippen LogP contribution in [0.1, 0.15) is 12.0 Å². The SMILES string of the molecule is O=C(CCn1c(=O)oc2ccccc21)OCc1cc2ccccc2nc1Cl. The minimum absolute atomic E-state index is 0.0243. The molecule has 7 heteroatoms. The summed E-state index contributed by atoms with van der Waals surface area (Å²) in [6.07, 6.45) is 0.0437. The number of hydrogen-bond acceptors (Lipinski definition) is 5. The zero-order valence-corrected chi connectivity index (χ0v) is 15.0. The molecule has 4 rings (SSSR count). The van der Waals surface area contributed by atoms with Gasteiger partial charge in [0.05, 0.1) is 17.5 Å². The fourth-order valence-corrected chi connectivity index (χ4v) is 3.10. The molecule has 0 aliphatic carbocycles. The standard InChI is InChI=1S/C20H15ClN2O4/c21-19-14(11-13-5-1-2-6-15(13)22-19)12-26-18(24)9-10-23-16-7-3-4-8-17(16)27-20(23)25/h1-8,11H,9-10,12H2. The number of ether oxygens (including phenoxy) is 1. The maximum Gasteiger partial charge on any atom is 0.419 e. The molecule has 0 bridgehead atoms. The van der Waals surface area contributed by atoms with Crippen LogP contribution in [0.5, 0.6) is 0 Å². The minimum Gasteiger partial charge on any atom is -0.461 e. The van der Waals surface area contributed by atoms with E-state index in [0.717, 1.165) is 10.9 Å². The van der Waals surface area contributed by atoms with Crippen LogP contribution >= 0.6 is 11.6 Å². The summed E-state index contributed by atoms with van der Waals surface area (Å²) in [5.74, 6) is -0.929. The summed E-state index contributed by atoms with van der Waals surface area (Å²) >= 11 is 6.17. The molecule has 6 nitrogen and oxygen atoms in total. The molecular weight excluding hydrogens is 368 g/mol. The van der Waals surface area contributed by atoms with Crippen LogP contribution in [0.15, 0.2) is 63.8 Å². The summed E-state index contributed by atoms with van der Waals surface area (Å²) in [4.78, 5) is 28.3. The number of esters is 1. The number of hydrogen-bond donors (Lipinski definition) is 0. The van der Waals surface area contributed by atoms with Crippen LogP contribution in [0.4, 0.5) is 0 Å². The molecule has 2 aromatic carbocycles. The molecule has 27 heavy (non-hydrogen) atoms. The second kappa shape index (κ2) is 7.25. The average Bonchev–Trinajstić information content (AvgIpc) is 2.99. The highest BCUT2D eigenvalue weighted by Crippen LogP contribution is 2.21. The highest BCUT2D eigenvalue weighted by molar-refractivity contribution is 6.30. The van der Waals surface area contributed by atoms with Crippen molar-refractivity contribution in [2.24, 2.45) is 0 Å². The molecule has 0 aliphatic heterocycles. The van der Waals surface area contributed by atoms with Gasteiger partial charge in [-0.25, -0.2) is 9.78 Å². The molecule has 0 spiro atoms. The first kappa shape index (κ1) is 17.3. The number of nitrogens with zero attached hydrogens (tertiary/aromatic N) is 2. The van der Waals surface area contributed by atoms with Crippen LogP contribution in [-0.2, 0) is 22.7 Å². The van der Waals surface area contributed by atoms with Gasteiger partial charge in [-0.05, 0) is 24.3 Å². The molecule has 0 N–H and O–H groups in total. The minimum atomic E-state index is -0.495. The summed E-state index contributed by atoms with van der Waals surface area (Å²) in [5.41, 5.74) is 2.56. The van der Waals surface area contributed by atoms with Crippen molar-refractivity contribution in [2.45, 2.75) is 19.6 Å². The maximum absolute atomic E-state index is 12.1. The van der Waals surface area contributed by atoms with Crippen LogP contribution in [0.2, 0.25) is 5.15 Å². The van der Waals surface area contributed by atoms with Gasteiger partial charge in [-0.3, -0.25) is 9.36 Å². The van der Waals surface area contributed by atoms with E-state index in [2.05, 4.69) is 4.98 Å². The van der Waals surface area contributed by atoms with Crippen molar-refractivity contribution in [2.75, 3.05) is 0 Å². The third-order valence-corrected chi connectivity index (χ3v) is 4.58. The first-order chi connectivity index (χ1) is 13.1. The van der Waals surface area contributed by atoms with Crippen LogP contribution in [-0.4, -0.2) is 15.5 Å². The van der Waals surface area contributed by atoms with Gasteiger partial charge >= 0.3 is 11.7 Å². The largest absolute Gasteiger partial charge is 0.461 e. The Morgan fingerprint density at radius 1 is 1.15 bits per heavy atom. The number of aromatic nitrogens is 2. The van der Waals surface area contributed by atoms with Gasteiger partial charge in [0, 0.05) is 17.5 Å². The monoisotopic (exact) mass is 382 g/mol. The molecule has 4 aromatic rings. The molecule has 0 saturated carbocycles. The fraction of sp³-hybridized carbons (Fsp3) is 0.150. The van der Waals surface area contributed by atoms with Crippen molar-refractivity contribution in [3.63, 3.8) is 0 Å². The van der Waals surface area contributed by atoms with Gasteiger partial charge < -0.3 is 9.15 Å². The first-order valence-electron chi connectivity index (χ1n) is 8.40. The van der Waals surface area contributed by atoms with Crippen molar-refractivity contribution in [3.05, 3.63) is 75.9 Å². The lowest BCUT2D eigenvalue weighted by Gasteiger charge is -2.08. The number of para-hydroxylation sites is 3. The summed E-state index contributed by atoms with van der Waals surface area (Å²) < 4.78 is 11.9. The Kier molecular flexibility index (Phi) is 4.64. The third-order valence-electron chi connectivity index (χ3n) is 4.25. The molecular formula is C20H15ClN2O4. The summed E-state index contributed by atoms with van der Waals surface area (Å²) in [5, 5.41) is 1.22. The van der Waals surface area contributed by atoms with E-state index < -0.39 is 11.7 Å². The number of pyridine rings is 1. The topological polar surface area (TPSA) is 74.3 Å². The highest BCUT2D eigenvalue weighted by atomic mass is 35.5. The summed E-state index contributed by atoms with van der Waals surface area (Å²) in [6.45, 7) is 0.203.